The molecular formula is C22H24N2O4. The lowest BCUT2D eigenvalue weighted by molar-refractivity contribution is 0.322. The maximum absolute atomic E-state index is 5.73. The van der Waals surface area contributed by atoms with Crippen molar-refractivity contribution in [1.29, 1.82) is 0 Å². The Bertz CT molecular complexity index is 1020. The van der Waals surface area contributed by atoms with E-state index in [9.17, 15) is 0 Å². The molecule has 0 saturated carbocycles. The standard InChI is InChI=1S/C22H24N2O4/c1-24-20(13-6-8-14(25-2)9-7-13)19-16-12-18(26-3)22(28-5)21(27-4)15(16)10-11-17(19)23-24/h6-9,12H,10-11H2,1-5H3. The first-order chi connectivity index (χ1) is 13.6. The van der Waals surface area contributed by atoms with Crippen molar-refractivity contribution < 1.29 is 18.9 Å². The number of methoxy groups -OCH3 is 4. The first kappa shape index (κ1) is 18.2. The third-order valence-corrected chi connectivity index (χ3v) is 5.30. The van der Waals surface area contributed by atoms with Crippen LogP contribution in [0.4, 0.5) is 0 Å². The van der Waals surface area contributed by atoms with Crippen LogP contribution in [0.5, 0.6) is 23.0 Å². The number of hydrogen-bond acceptors (Lipinski definition) is 5. The second-order valence-corrected chi connectivity index (χ2v) is 6.69. The van der Waals surface area contributed by atoms with E-state index >= 15 is 0 Å². The molecule has 0 saturated heterocycles. The molecule has 4 rings (SSSR count). The SMILES string of the molecule is COc1ccc(-c2c3c(nn2C)CCc2c-3cc(OC)c(OC)c2OC)cc1. The van der Waals surface area contributed by atoms with E-state index < -0.39 is 0 Å². The molecule has 0 spiro atoms. The minimum absolute atomic E-state index is 0.627. The Morgan fingerprint density at radius 2 is 1.57 bits per heavy atom. The maximum atomic E-state index is 5.73. The lowest BCUT2D eigenvalue weighted by Gasteiger charge is -2.23. The summed E-state index contributed by atoms with van der Waals surface area (Å²) in [4.78, 5) is 0. The Hall–Kier alpha value is -3.15. The number of benzene rings is 2. The highest BCUT2D eigenvalue weighted by Crippen LogP contribution is 2.50. The molecule has 1 heterocycles. The van der Waals surface area contributed by atoms with Crippen LogP contribution in [0.1, 0.15) is 11.3 Å². The smallest absolute Gasteiger partial charge is 0.203 e. The zero-order valence-electron chi connectivity index (χ0n) is 16.8. The quantitative estimate of drug-likeness (QED) is 0.672. The van der Waals surface area contributed by atoms with Crippen molar-refractivity contribution in [3.05, 3.63) is 41.6 Å². The second-order valence-electron chi connectivity index (χ2n) is 6.69. The molecule has 6 nitrogen and oxygen atoms in total. The van der Waals surface area contributed by atoms with Crippen molar-refractivity contribution in [2.24, 2.45) is 7.05 Å². The summed E-state index contributed by atoms with van der Waals surface area (Å²) in [7, 11) is 8.59. The Morgan fingerprint density at radius 3 is 2.18 bits per heavy atom. The van der Waals surface area contributed by atoms with Crippen molar-refractivity contribution in [1.82, 2.24) is 9.78 Å². The van der Waals surface area contributed by atoms with E-state index in [1.54, 1.807) is 28.4 Å². The fourth-order valence-corrected chi connectivity index (χ4v) is 4.05. The van der Waals surface area contributed by atoms with Gasteiger partial charge < -0.3 is 18.9 Å². The molecule has 0 radical (unpaired) electrons. The number of aryl methyl sites for hydroxylation is 2. The van der Waals surface area contributed by atoms with E-state index in [2.05, 4.69) is 12.1 Å². The summed E-state index contributed by atoms with van der Waals surface area (Å²) in [5.41, 5.74) is 6.54. The molecule has 146 valence electrons. The summed E-state index contributed by atoms with van der Waals surface area (Å²) in [5, 5.41) is 4.80. The highest BCUT2D eigenvalue weighted by molar-refractivity contribution is 5.88. The van der Waals surface area contributed by atoms with Gasteiger partial charge in [0.25, 0.3) is 0 Å². The van der Waals surface area contributed by atoms with Gasteiger partial charge >= 0.3 is 0 Å². The lowest BCUT2D eigenvalue weighted by atomic mass is 9.86. The number of aromatic nitrogens is 2. The largest absolute Gasteiger partial charge is 0.497 e. The van der Waals surface area contributed by atoms with E-state index in [0.717, 1.165) is 58.0 Å². The summed E-state index contributed by atoms with van der Waals surface area (Å²) in [5.74, 6) is 2.83. The summed E-state index contributed by atoms with van der Waals surface area (Å²) < 4.78 is 24.1. The Labute approximate surface area is 164 Å². The highest BCUT2D eigenvalue weighted by atomic mass is 16.5. The van der Waals surface area contributed by atoms with Crippen LogP contribution >= 0.6 is 0 Å². The monoisotopic (exact) mass is 380 g/mol. The molecule has 0 N–H and O–H groups in total. The van der Waals surface area contributed by atoms with E-state index in [1.807, 2.05) is 29.9 Å². The van der Waals surface area contributed by atoms with Crippen LogP contribution < -0.4 is 18.9 Å². The molecule has 1 aliphatic rings. The number of rotatable bonds is 5. The first-order valence-corrected chi connectivity index (χ1v) is 9.15. The van der Waals surface area contributed by atoms with Crippen LogP contribution in [0.3, 0.4) is 0 Å². The van der Waals surface area contributed by atoms with Crippen molar-refractivity contribution >= 4 is 0 Å². The number of nitrogens with zero attached hydrogens (tertiary/aromatic N) is 2. The molecule has 6 heteroatoms. The molecule has 28 heavy (non-hydrogen) atoms. The van der Waals surface area contributed by atoms with Gasteiger partial charge in [-0.1, -0.05) is 0 Å². The van der Waals surface area contributed by atoms with Gasteiger partial charge in [0.15, 0.2) is 11.5 Å². The lowest BCUT2D eigenvalue weighted by Crippen LogP contribution is -2.08. The zero-order valence-corrected chi connectivity index (χ0v) is 16.8. The minimum Gasteiger partial charge on any atom is -0.497 e. The number of fused-ring (bicyclic) bond motifs is 3. The molecule has 0 amide bonds. The topological polar surface area (TPSA) is 54.7 Å². The molecule has 0 aliphatic heterocycles. The van der Waals surface area contributed by atoms with E-state index in [4.69, 9.17) is 24.0 Å². The van der Waals surface area contributed by atoms with Crippen molar-refractivity contribution in [3.8, 4) is 45.4 Å². The van der Waals surface area contributed by atoms with Crippen molar-refractivity contribution in [2.45, 2.75) is 12.8 Å². The van der Waals surface area contributed by atoms with Gasteiger partial charge in [0, 0.05) is 23.7 Å². The molecule has 3 aromatic rings. The molecule has 0 fully saturated rings. The van der Waals surface area contributed by atoms with Gasteiger partial charge in [-0.15, -0.1) is 0 Å². The van der Waals surface area contributed by atoms with Gasteiger partial charge in [-0.05, 0) is 48.7 Å². The van der Waals surface area contributed by atoms with Crippen LogP contribution in [0.25, 0.3) is 22.4 Å². The summed E-state index contributed by atoms with van der Waals surface area (Å²) in [6.45, 7) is 0. The molecular weight excluding hydrogens is 356 g/mol. The van der Waals surface area contributed by atoms with Crippen LogP contribution in [-0.2, 0) is 19.9 Å². The normalized spacial score (nSPS) is 12.2. The van der Waals surface area contributed by atoms with Crippen LogP contribution in [-0.4, -0.2) is 38.2 Å². The van der Waals surface area contributed by atoms with E-state index in [0.29, 0.717) is 11.5 Å². The maximum Gasteiger partial charge on any atom is 0.203 e. The minimum atomic E-state index is 0.627. The third-order valence-electron chi connectivity index (χ3n) is 5.30. The third kappa shape index (κ3) is 2.68. The average Bonchev–Trinajstić information content (AvgIpc) is 3.08. The Morgan fingerprint density at radius 1 is 0.857 bits per heavy atom. The first-order valence-electron chi connectivity index (χ1n) is 9.15. The highest BCUT2D eigenvalue weighted by Gasteiger charge is 2.30. The fraction of sp³-hybridized carbons (Fsp3) is 0.318. The molecule has 1 aliphatic carbocycles. The fourth-order valence-electron chi connectivity index (χ4n) is 4.05. The van der Waals surface area contributed by atoms with Crippen molar-refractivity contribution in [3.63, 3.8) is 0 Å². The summed E-state index contributed by atoms with van der Waals surface area (Å²) in [6, 6.07) is 10.1. The van der Waals surface area contributed by atoms with Gasteiger partial charge in [0.1, 0.15) is 5.75 Å². The molecule has 1 aromatic heterocycles. The number of ether oxygens (including phenoxy) is 4. The molecule has 0 atom stereocenters. The Balaban J connectivity index is 1.98. The molecule has 2 aromatic carbocycles. The average molecular weight is 380 g/mol. The summed E-state index contributed by atoms with van der Waals surface area (Å²) in [6.07, 6.45) is 1.68. The van der Waals surface area contributed by atoms with Gasteiger partial charge in [-0.3, -0.25) is 4.68 Å². The molecule has 0 unspecified atom stereocenters. The Kier molecular flexibility index (Phi) is 4.63. The van der Waals surface area contributed by atoms with Gasteiger partial charge in [-0.25, -0.2) is 0 Å². The van der Waals surface area contributed by atoms with E-state index in [-0.39, 0.29) is 0 Å². The predicted octanol–water partition coefficient (Wildman–Crippen LogP) is 3.89. The van der Waals surface area contributed by atoms with Crippen LogP contribution in [0.2, 0.25) is 0 Å². The van der Waals surface area contributed by atoms with Gasteiger partial charge in [0.05, 0.1) is 39.8 Å². The van der Waals surface area contributed by atoms with Crippen LogP contribution in [0, 0.1) is 0 Å². The molecule has 0 bridgehead atoms. The zero-order chi connectivity index (χ0) is 19.8. The van der Waals surface area contributed by atoms with Crippen LogP contribution in [0.15, 0.2) is 30.3 Å². The summed E-state index contributed by atoms with van der Waals surface area (Å²) >= 11 is 0. The van der Waals surface area contributed by atoms with Gasteiger partial charge in [0.2, 0.25) is 5.75 Å². The predicted molar refractivity (Wildman–Crippen MR) is 108 cm³/mol. The van der Waals surface area contributed by atoms with Crippen molar-refractivity contribution in [2.75, 3.05) is 28.4 Å². The second kappa shape index (κ2) is 7.11. The van der Waals surface area contributed by atoms with E-state index in [1.165, 1.54) is 0 Å². The van der Waals surface area contributed by atoms with Gasteiger partial charge in [-0.2, -0.15) is 5.10 Å². The number of hydrogen-bond donors (Lipinski definition) is 0.